The third-order valence-electron chi connectivity index (χ3n) is 3.70. The van der Waals surface area contributed by atoms with Crippen molar-refractivity contribution >= 4 is 17.6 Å². The van der Waals surface area contributed by atoms with Gasteiger partial charge in [-0.05, 0) is 25.3 Å². The molecule has 1 aromatic rings. The predicted octanol–water partition coefficient (Wildman–Crippen LogP) is 1.97. The van der Waals surface area contributed by atoms with E-state index in [4.69, 9.17) is 5.11 Å². The van der Waals surface area contributed by atoms with Crippen LogP contribution in [0, 0.1) is 16.0 Å². The molecule has 1 saturated carbocycles. The number of nitro benzene ring substituents is 1. The number of para-hydroxylation sites is 1. The van der Waals surface area contributed by atoms with Crippen molar-refractivity contribution in [1.29, 1.82) is 0 Å². The van der Waals surface area contributed by atoms with Gasteiger partial charge in [0.15, 0.2) is 0 Å². The largest absolute Gasteiger partial charge is 0.481 e. The molecule has 2 rings (SSSR count). The number of nitrogens with zero attached hydrogens (tertiary/aromatic N) is 1. The summed E-state index contributed by atoms with van der Waals surface area (Å²) < 4.78 is 0. The minimum Gasteiger partial charge on any atom is -0.481 e. The topological polar surface area (TPSA) is 110 Å². The molecule has 0 aliphatic heterocycles. The van der Waals surface area contributed by atoms with Crippen molar-refractivity contribution in [3.8, 4) is 0 Å². The van der Waals surface area contributed by atoms with E-state index < -0.39 is 22.7 Å². The maximum atomic E-state index is 12.2. The van der Waals surface area contributed by atoms with Crippen LogP contribution in [0.4, 0.5) is 5.69 Å². The molecule has 0 radical (unpaired) electrons. The van der Waals surface area contributed by atoms with Crippen molar-refractivity contribution in [3.63, 3.8) is 0 Å². The van der Waals surface area contributed by atoms with Crippen LogP contribution >= 0.6 is 0 Å². The fraction of sp³-hybridized carbons (Fsp3) is 0.429. The average molecular weight is 292 g/mol. The van der Waals surface area contributed by atoms with Gasteiger partial charge in [-0.2, -0.15) is 0 Å². The van der Waals surface area contributed by atoms with Crippen molar-refractivity contribution in [3.05, 3.63) is 39.9 Å². The van der Waals surface area contributed by atoms with Gasteiger partial charge in [-0.1, -0.05) is 18.6 Å². The van der Waals surface area contributed by atoms with Crippen LogP contribution in [0.1, 0.15) is 36.0 Å². The second-order valence-corrected chi connectivity index (χ2v) is 5.15. The molecule has 1 aliphatic rings. The molecule has 0 heterocycles. The summed E-state index contributed by atoms with van der Waals surface area (Å²) in [7, 11) is 0. The summed E-state index contributed by atoms with van der Waals surface area (Å²) in [5.74, 6) is -1.85. The molecule has 2 atom stereocenters. The van der Waals surface area contributed by atoms with Crippen LogP contribution in [0.15, 0.2) is 24.3 Å². The highest BCUT2D eigenvalue weighted by Gasteiger charge is 2.29. The Hall–Kier alpha value is -2.44. The number of hydrogen-bond donors (Lipinski definition) is 2. The highest BCUT2D eigenvalue weighted by Crippen LogP contribution is 2.25. The summed E-state index contributed by atoms with van der Waals surface area (Å²) in [4.78, 5) is 33.5. The lowest BCUT2D eigenvalue weighted by Crippen LogP contribution is -2.40. The van der Waals surface area contributed by atoms with E-state index >= 15 is 0 Å². The van der Waals surface area contributed by atoms with Crippen molar-refractivity contribution < 1.29 is 19.6 Å². The Labute approximate surface area is 121 Å². The quantitative estimate of drug-likeness (QED) is 0.651. The molecule has 21 heavy (non-hydrogen) atoms. The van der Waals surface area contributed by atoms with Gasteiger partial charge in [0.1, 0.15) is 5.56 Å². The van der Waals surface area contributed by atoms with Crippen LogP contribution < -0.4 is 5.32 Å². The first kappa shape index (κ1) is 15.0. The molecule has 0 spiro atoms. The number of nitro groups is 1. The fourth-order valence-corrected chi connectivity index (χ4v) is 2.63. The molecule has 7 heteroatoms. The molecule has 2 unspecified atom stereocenters. The molecule has 2 N–H and O–H groups in total. The summed E-state index contributed by atoms with van der Waals surface area (Å²) in [5.41, 5.74) is -0.249. The zero-order valence-corrected chi connectivity index (χ0v) is 11.3. The Bertz CT molecular complexity index is 572. The van der Waals surface area contributed by atoms with E-state index in [1.807, 2.05) is 0 Å². The predicted molar refractivity (Wildman–Crippen MR) is 73.9 cm³/mol. The van der Waals surface area contributed by atoms with Gasteiger partial charge >= 0.3 is 5.97 Å². The fourth-order valence-electron chi connectivity index (χ4n) is 2.63. The van der Waals surface area contributed by atoms with Crippen LogP contribution in [-0.4, -0.2) is 27.9 Å². The van der Waals surface area contributed by atoms with Crippen molar-refractivity contribution in [1.82, 2.24) is 5.32 Å². The van der Waals surface area contributed by atoms with E-state index in [-0.39, 0.29) is 17.3 Å². The molecule has 1 aliphatic carbocycles. The Morgan fingerprint density at radius 3 is 2.67 bits per heavy atom. The standard InChI is InChI=1S/C14H16N2O5/c17-13(11-6-1-2-7-12(11)16(20)21)15-10-5-3-4-9(8-10)14(18)19/h1-2,6-7,9-10H,3-5,8H2,(H,15,17)(H,18,19). The number of rotatable bonds is 4. The number of nitrogens with one attached hydrogen (secondary N) is 1. The van der Waals surface area contributed by atoms with E-state index in [0.29, 0.717) is 19.3 Å². The molecule has 1 aromatic carbocycles. The van der Waals surface area contributed by atoms with Gasteiger partial charge in [-0.3, -0.25) is 19.7 Å². The molecule has 7 nitrogen and oxygen atoms in total. The molecule has 1 fully saturated rings. The van der Waals surface area contributed by atoms with Crippen LogP contribution in [0.5, 0.6) is 0 Å². The first-order valence-corrected chi connectivity index (χ1v) is 6.76. The number of carboxylic acid groups (broad SMARTS) is 1. The zero-order valence-electron chi connectivity index (χ0n) is 11.3. The summed E-state index contributed by atoms with van der Waals surface area (Å²) in [6.45, 7) is 0. The van der Waals surface area contributed by atoms with Crippen LogP contribution in [0.2, 0.25) is 0 Å². The van der Waals surface area contributed by atoms with Gasteiger partial charge in [0, 0.05) is 12.1 Å². The summed E-state index contributed by atoms with van der Waals surface area (Å²) >= 11 is 0. The number of carbonyl (C=O) groups excluding carboxylic acids is 1. The molecule has 0 bridgehead atoms. The first-order chi connectivity index (χ1) is 9.99. The minimum absolute atomic E-state index is 0.0000477. The molecule has 0 aromatic heterocycles. The SMILES string of the molecule is O=C(NC1CCCC(C(=O)O)C1)c1ccccc1[N+](=O)[O-]. The second-order valence-electron chi connectivity index (χ2n) is 5.15. The maximum absolute atomic E-state index is 12.2. The molecule has 1 amide bonds. The molecular weight excluding hydrogens is 276 g/mol. The van der Waals surface area contributed by atoms with Crippen molar-refractivity contribution in [2.45, 2.75) is 31.7 Å². The van der Waals surface area contributed by atoms with E-state index in [0.717, 1.165) is 6.42 Å². The normalized spacial score (nSPS) is 21.5. The van der Waals surface area contributed by atoms with Crippen molar-refractivity contribution in [2.24, 2.45) is 5.92 Å². The minimum atomic E-state index is -0.861. The number of hydrogen-bond acceptors (Lipinski definition) is 4. The van der Waals surface area contributed by atoms with Crippen LogP contribution in [0.3, 0.4) is 0 Å². The zero-order chi connectivity index (χ0) is 15.4. The summed E-state index contributed by atoms with van der Waals surface area (Å²) in [6.07, 6.45) is 2.38. The van der Waals surface area contributed by atoms with E-state index in [1.54, 1.807) is 6.07 Å². The van der Waals surface area contributed by atoms with Crippen LogP contribution in [-0.2, 0) is 4.79 Å². The average Bonchev–Trinajstić information content (AvgIpc) is 2.47. The highest BCUT2D eigenvalue weighted by molar-refractivity contribution is 5.98. The number of aliphatic carboxylic acids is 1. The number of carboxylic acids is 1. The molecule has 0 saturated heterocycles. The van der Waals surface area contributed by atoms with Gasteiger partial charge in [-0.25, -0.2) is 0 Å². The van der Waals surface area contributed by atoms with Crippen LogP contribution in [0.25, 0.3) is 0 Å². The summed E-state index contributed by atoms with van der Waals surface area (Å²) in [6, 6.07) is 5.46. The van der Waals surface area contributed by atoms with Gasteiger partial charge in [0.25, 0.3) is 11.6 Å². The van der Waals surface area contributed by atoms with Gasteiger partial charge in [0.2, 0.25) is 0 Å². The third-order valence-corrected chi connectivity index (χ3v) is 3.70. The number of amides is 1. The smallest absolute Gasteiger partial charge is 0.306 e. The van der Waals surface area contributed by atoms with E-state index in [1.165, 1.54) is 18.2 Å². The van der Waals surface area contributed by atoms with Gasteiger partial charge < -0.3 is 10.4 Å². The Balaban J connectivity index is 2.08. The molecule has 112 valence electrons. The Kier molecular flexibility index (Phi) is 4.52. The number of benzene rings is 1. The van der Waals surface area contributed by atoms with E-state index in [9.17, 15) is 19.7 Å². The van der Waals surface area contributed by atoms with Gasteiger partial charge in [-0.15, -0.1) is 0 Å². The Morgan fingerprint density at radius 2 is 2.00 bits per heavy atom. The van der Waals surface area contributed by atoms with Gasteiger partial charge in [0.05, 0.1) is 10.8 Å². The second kappa shape index (κ2) is 6.34. The number of carbonyl (C=O) groups is 2. The summed E-state index contributed by atoms with van der Waals surface area (Å²) in [5, 5.41) is 22.6. The monoisotopic (exact) mass is 292 g/mol. The molecular formula is C14H16N2O5. The van der Waals surface area contributed by atoms with E-state index in [2.05, 4.69) is 5.32 Å². The third kappa shape index (κ3) is 3.56. The lowest BCUT2D eigenvalue weighted by atomic mass is 9.85. The maximum Gasteiger partial charge on any atom is 0.306 e. The lowest BCUT2D eigenvalue weighted by Gasteiger charge is -2.27. The highest BCUT2D eigenvalue weighted by atomic mass is 16.6. The lowest BCUT2D eigenvalue weighted by molar-refractivity contribution is -0.385. The Morgan fingerprint density at radius 1 is 1.29 bits per heavy atom. The van der Waals surface area contributed by atoms with Crippen molar-refractivity contribution in [2.75, 3.05) is 0 Å². The first-order valence-electron chi connectivity index (χ1n) is 6.76.